The third-order valence-corrected chi connectivity index (χ3v) is 7.54. The van der Waals surface area contributed by atoms with E-state index < -0.39 is 36.0 Å². The number of ether oxygens (including phenoxy) is 1. The van der Waals surface area contributed by atoms with Gasteiger partial charge in [0.2, 0.25) is 17.7 Å². The van der Waals surface area contributed by atoms with E-state index in [1.54, 1.807) is 11.8 Å². The summed E-state index contributed by atoms with van der Waals surface area (Å²) in [4.78, 5) is 44.2. The molecule has 34 heavy (non-hydrogen) atoms. The molecule has 1 N–H and O–H groups in total. The third-order valence-electron chi connectivity index (χ3n) is 7.02. The molecule has 0 saturated carbocycles. The molecule has 3 saturated heterocycles. The molecule has 4 atom stereocenters. The van der Waals surface area contributed by atoms with Crippen LogP contribution in [-0.4, -0.2) is 68.2 Å². The highest BCUT2D eigenvalue weighted by molar-refractivity contribution is 9.10. The van der Waals surface area contributed by atoms with E-state index >= 15 is 0 Å². The molecule has 2 aromatic carbocycles. The standard InChI is InChI=1S/C25H26BrN3O5/c1-16-22(30)29-20(14-17-6-3-2-4-7-17)23(31)27-13-5-8-21(27)25(29,33)28(16)24(32)34-15-18-9-11-19(26)12-10-18/h2-4,6-7,9-12,16,20-21,33H,5,8,13-15H2,1H3. The van der Waals surface area contributed by atoms with Crippen molar-refractivity contribution in [1.82, 2.24) is 14.7 Å². The maximum absolute atomic E-state index is 13.4. The summed E-state index contributed by atoms with van der Waals surface area (Å²) >= 11 is 3.37. The van der Waals surface area contributed by atoms with Gasteiger partial charge in [0, 0.05) is 17.4 Å². The van der Waals surface area contributed by atoms with Gasteiger partial charge in [0.1, 0.15) is 24.7 Å². The summed E-state index contributed by atoms with van der Waals surface area (Å²) in [5.41, 5.74) is 1.65. The van der Waals surface area contributed by atoms with Crippen molar-refractivity contribution in [2.24, 2.45) is 0 Å². The Hall–Kier alpha value is -2.91. The van der Waals surface area contributed by atoms with Crippen LogP contribution in [0.1, 0.15) is 30.9 Å². The van der Waals surface area contributed by atoms with Crippen molar-refractivity contribution in [3.63, 3.8) is 0 Å². The molecule has 0 aromatic heterocycles. The average Bonchev–Trinajstić information content (AvgIpc) is 3.40. The van der Waals surface area contributed by atoms with Crippen molar-refractivity contribution < 1.29 is 24.2 Å². The molecule has 3 heterocycles. The first-order valence-corrected chi connectivity index (χ1v) is 12.2. The molecule has 3 aliphatic heterocycles. The molecule has 0 aliphatic carbocycles. The summed E-state index contributed by atoms with van der Waals surface area (Å²) in [7, 11) is 0. The number of piperazine rings is 1. The number of fused-ring (bicyclic) bond motifs is 3. The fraction of sp³-hybridized carbons (Fsp3) is 0.400. The topological polar surface area (TPSA) is 90.4 Å². The van der Waals surface area contributed by atoms with Gasteiger partial charge in [0.25, 0.3) is 0 Å². The zero-order valence-corrected chi connectivity index (χ0v) is 20.3. The van der Waals surface area contributed by atoms with E-state index in [2.05, 4.69) is 15.9 Å². The number of hydrogen-bond donors (Lipinski definition) is 1. The SMILES string of the molecule is CC1C(=O)N2C(Cc3ccccc3)C(=O)N3CCCC3C2(O)N1C(=O)OCc1ccc(Br)cc1. The summed E-state index contributed by atoms with van der Waals surface area (Å²) in [6, 6.07) is 14.2. The van der Waals surface area contributed by atoms with Gasteiger partial charge in [-0.3, -0.25) is 14.5 Å². The van der Waals surface area contributed by atoms with Crippen LogP contribution in [0.5, 0.6) is 0 Å². The van der Waals surface area contributed by atoms with Gasteiger partial charge in [-0.1, -0.05) is 58.4 Å². The van der Waals surface area contributed by atoms with Crippen molar-refractivity contribution in [1.29, 1.82) is 0 Å². The van der Waals surface area contributed by atoms with Crippen LogP contribution in [0.15, 0.2) is 59.1 Å². The van der Waals surface area contributed by atoms with Crippen molar-refractivity contribution in [3.05, 3.63) is 70.2 Å². The maximum atomic E-state index is 13.4. The lowest BCUT2D eigenvalue weighted by Crippen LogP contribution is -2.75. The highest BCUT2D eigenvalue weighted by atomic mass is 79.9. The number of aliphatic hydroxyl groups is 1. The van der Waals surface area contributed by atoms with E-state index in [1.807, 2.05) is 54.6 Å². The zero-order valence-electron chi connectivity index (χ0n) is 18.8. The van der Waals surface area contributed by atoms with Crippen LogP contribution in [-0.2, 0) is 27.4 Å². The second-order valence-electron chi connectivity index (χ2n) is 9.02. The lowest BCUT2D eigenvalue weighted by molar-refractivity contribution is -0.234. The monoisotopic (exact) mass is 527 g/mol. The molecule has 0 radical (unpaired) electrons. The minimum Gasteiger partial charge on any atom is -0.444 e. The Bertz CT molecular complexity index is 1110. The summed E-state index contributed by atoms with van der Waals surface area (Å²) in [6.45, 7) is 2.05. The summed E-state index contributed by atoms with van der Waals surface area (Å²) in [6.07, 6.45) is 0.654. The number of nitrogens with zero attached hydrogens (tertiary/aromatic N) is 3. The van der Waals surface area contributed by atoms with Crippen molar-refractivity contribution >= 4 is 33.8 Å². The van der Waals surface area contributed by atoms with Crippen molar-refractivity contribution in [2.75, 3.05) is 6.54 Å². The van der Waals surface area contributed by atoms with Crippen LogP contribution in [0, 0.1) is 0 Å². The number of rotatable bonds is 4. The molecule has 4 unspecified atom stereocenters. The van der Waals surface area contributed by atoms with Crippen LogP contribution < -0.4 is 0 Å². The van der Waals surface area contributed by atoms with Crippen molar-refractivity contribution in [3.8, 4) is 0 Å². The van der Waals surface area contributed by atoms with Crippen LogP contribution >= 0.6 is 15.9 Å². The minimum atomic E-state index is -1.96. The highest BCUT2D eigenvalue weighted by Gasteiger charge is 2.69. The summed E-state index contributed by atoms with van der Waals surface area (Å²) < 4.78 is 6.45. The van der Waals surface area contributed by atoms with E-state index in [0.717, 1.165) is 20.5 Å². The van der Waals surface area contributed by atoms with Crippen molar-refractivity contribution in [2.45, 2.75) is 56.8 Å². The van der Waals surface area contributed by atoms with Crippen LogP contribution in [0.25, 0.3) is 0 Å². The van der Waals surface area contributed by atoms with Gasteiger partial charge in [0.05, 0.1) is 0 Å². The Morgan fingerprint density at radius 1 is 1.09 bits per heavy atom. The Labute approximate surface area is 206 Å². The number of amides is 3. The predicted molar refractivity (Wildman–Crippen MR) is 126 cm³/mol. The smallest absolute Gasteiger partial charge is 0.414 e. The maximum Gasteiger partial charge on any atom is 0.414 e. The quantitative estimate of drug-likeness (QED) is 0.660. The Kier molecular flexibility index (Phi) is 5.85. The molecule has 5 rings (SSSR count). The molecule has 8 nitrogen and oxygen atoms in total. The first-order valence-electron chi connectivity index (χ1n) is 11.4. The molecule has 0 bridgehead atoms. The first kappa shape index (κ1) is 22.9. The fourth-order valence-corrected chi connectivity index (χ4v) is 5.68. The lowest BCUT2D eigenvalue weighted by Gasteiger charge is -2.52. The number of carbonyl (C=O) groups excluding carboxylic acids is 3. The van der Waals surface area contributed by atoms with E-state index in [0.29, 0.717) is 19.4 Å². The second-order valence-corrected chi connectivity index (χ2v) is 9.93. The second kappa shape index (κ2) is 8.70. The van der Waals surface area contributed by atoms with Gasteiger partial charge in [-0.15, -0.1) is 0 Å². The molecular formula is C25H26BrN3O5. The molecule has 2 aromatic rings. The molecular weight excluding hydrogens is 502 g/mol. The Morgan fingerprint density at radius 3 is 2.50 bits per heavy atom. The average molecular weight is 528 g/mol. The molecule has 178 valence electrons. The highest BCUT2D eigenvalue weighted by Crippen LogP contribution is 2.45. The molecule has 3 amide bonds. The van der Waals surface area contributed by atoms with Crippen LogP contribution in [0.2, 0.25) is 0 Å². The van der Waals surface area contributed by atoms with E-state index in [-0.39, 0.29) is 18.9 Å². The van der Waals surface area contributed by atoms with Gasteiger partial charge in [-0.2, -0.15) is 0 Å². The first-order chi connectivity index (χ1) is 16.3. The number of halogens is 1. The van der Waals surface area contributed by atoms with Gasteiger partial charge in [0.15, 0.2) is 0 Å². The largest absolute Gasteiger partial charge is 0.444 e. The number of carbonyl (C=O) groups is 3. The Balaban J connectivity index is 1.47. The molecule has 0 spiro atoms. The predicted octanol–water partition coefficient (Wildman–Crippen LogP) is 2.88. The minimum absolute atomic E-state index is 0.000356. The molecule has 3 aliphatic rings. The number of hydrogen-bond acceptors (Lipinski definition) is 5. The van der Waals surface area contributed by atoms with E-state index in [9.17, 15) is 19.5 Å². The summed E-state index contributed by atoms with van der Waals surface area (Å²) in [5, 5.41) is 12.1. The third kappa shape index (κ3) is 3.58. The Morgan fingerprint density at radius 2 is 1.79 bits per heavy atom. The van der Waals surface area contributed by atoms with E-state index in [4.69, 9.17) is 4.74 Å². The number of benzene rings is 2. The van der Waals surface area contributed by atoms with Gasteiger partial charge < -0.3 is 14.7 Å². The van der Waals surface area contributed by atoms with E-state index in [1.165, 1.54) is 4.90 Å². The van der Waals surface area contributed by atoms with Crippen LogP contribution in [0.4, 0.5) is 4.79 Å². The van der Waals surface area contributed by atoms with Gasteiger partial charge >= 0.3 is 6.09 Å². The van der Waals surface area contributed by atoms with Gasteiger partial charge in [-0.25, -0.2) is 9.69 Å². The zero-order chi connectivity index (χ0) is 24.0. The fourth-order valence-electron chi connectivity index (χ4n) is 5.42. The lowest BCUT2D eigenvalue weighted by atomic mass is 9.95. The van der Waals surface area contributed by atoms with Crippen LogP contribution in [0.3, 0.4) is 0 Å². The normalized spacial score (nSPS) is 28.2. The molecule has 9 heteroatoms. The summed E-state index contributed by atoms with van der Waals surface area (Å²) in [5.74, 6) is -2.61. The molecule has 3 fully saturated rings. The van der Waals surface area contributed by atoms with Gasteiger partial charge in [-0.05, 0) is 43.0 Å².